The highest BCUT2D eigenvalue weighted by Gasteiger charge is 2.28. The second kappa shape index (κ2) is 5.86. The number of aliphatic carboxylic acids is 1. The monoisotopic (exact) mass is 265 g/mol. The van der Waals surface area contributed by atoms with Crippen LogP contribution in [-0.2, 0) is 4.79 Å². The number of carbonyl (C=O) groups is 1. The second-order valence-electron chi connectivity index (χ2n) is 4.97. The summed E-state index contributed by atoms with van der Waals surface area (Å²) in [6.07, 6.45) is 5.27. The van der Waals surface area contributed by atoms with Crippen molar-refractivity contribution in [3.63, 3.8) is 0 Å². The van der Waals surface area contributed by atoms with E-state index in [0.717, 1.165) is 19.4 Å². The van der Waals surface area contributed by atoms with Crippen LogP contribution >= 0.6 is 0 Å². The van der Waals surface area contributed by atoms with Gasteiger partial charge in [-0.3, -0.25) is 9.78 Å². The van der Waals surface area contributed by atoms with Crippen LogP contribution in [0, 0.1) is 0 Å². The lowest BCUT2D eigenvalue weighted by Crippen LogP contribution is -2.32. The lowest BCUT2D eigenvalue weighted by molar-refractivity contribution is -0.137. The van der Waals surface area contributed by atoms with Crippen LogP contribution in [0.5, 0.6) is 5.88 Å². The van der Waals surface area contributed by atoms with Gasteiger partial charge in [0, 0.05) is 12.6 Å². The first-order chi connectivity index (χ1) is 9.06. The molecule has 0 amide bonds. The molecule has 2 rings (SSSR count). The fourth-order valence-corrected chi connectivity index (χ4v) is 2.33. The molecule has 1 atom stereocenters. The van der Waals surface area contributed by atoms with E-state index < -0.39 is 5.97 Å². The summed E-state index contributed by atoms with van der Waals surface area (Å²) in [5, 5.41) is 8.92. The van der Waals surface area contributed by atoms with E-state index in [4.69, 9.17) is 9.84 Å². The minimum Gasteiger partial charge on any atom is -0.481 e. The van der Waals surface area contributed by atoms with E-state index in [2.05, 4.69) is 9.97 Å². The summed E-state index contributed by atoms with van der Waals surface area (Å²) in [5.74, 6) is 0.398. The van der Waals surface area contributed by atoms with E-state index in [-0.39, 0.29) is 18.6 Å². The molecular weight excluding hydrogens is 246 g/mol. The molecule has 0 aromatic carbocycles. The van der Waals surface area contributed by atoms with Crippen molar-refractivity contribution in [3.05, 3.63) is 12.4 Å². The van der Waals surface area contributed by atoms with E-state index in [1.165, 1.54) is 0 Å². The molecule has 1 aliphatic rings. The van der Waals surface area contributed by atoms with Gasteiger partial charge in [-0.2, -0.15) is 4.98 Å². The molecular formula is C13H19N3O3. The summed E-state index contributed by atoms with van der Waals surface area (Å²) in [4.78, 5) is 21.4. The van der Waals surface area contributed by atoms with E-state index in [0.29, 0.717) is 11.7 Å². The van der Waals surface area contributed by atoms with Crippen LogP contribution < -0.4 is 9.64 Å². The Kier molecular flexibility index (Phi) is 4.19. The number of ether oxygens (including phenoxy) is 1. The molecule has 1 aromatic heterocycles. The van der Waals surface area contributed by atoms with Gasteiger partial charge in [0.05, 0.1) is 24.9 Å². The Morgan fingerprint density at radius 2 is 2.37 bits per heavy atom. The van der Waals surface area contributed by atoms with Gasteiger partial charge >= 0.3 is 5.97 Å². The largest absolute Gasteiger partial charge is 0.481 e. The van der Waals surface area contributed by atoms with E-state index >= 15 is 0 Å². The van der Waals surface area contributed by atoms with Crippen LogP contribution in [0.2, 0.25) is 0 Å². The Morgan fingerprint density at radius 3 is 3.05 bits per heavy atom. The highest BCUT2D eigenvalue weighted by Crippen LogP contribution is 2.26. The lowest BCUT2D eigenvalue weighted by atomic mass is 10.1. The van der Waals surface area contributed by atoms with Crippen molar-refractivity contribution in [1.82, 2.24) is 9.97 Å². The van der Waals surface area contributed by atoms with Crippen LogP contribution in [0.4, 0.5) is 5.82 Å². The van der Waals surface area contributed by atoms with E-state index in [9.17, 15) is 4.79 Å². The number of carboxylic acid groups (broad SMARTS) is 1. The van der Waals surface area contributed by atoms with Crippen molar-refractivity contribution in [2.24, 2.45) is 0 Å². The van der Waals surface area contributed by atoms with Crippen molar-refractivity contribution in [2.45, 2.75) is 45.3 Å². The van der Waals surface area contributed by atoms with Crippen LogP contribution in [0.25, 0.3) is 0 Å². The van der Waals surface area contributed by atoms with Gasteiger partial charge in [0.1, 0.15) is 0 Å². The number of nitrogens with zero attached hydrogens (tertiary/aromatic N) is 3. The average Bonchev–Trinajstić information content (AvgIpc) is 2.75. The second-order valence-corrected chi connectivity index (χ2v) is 4.97. The van der Waals surface area contributed by atoms with E-state index in [1.807, 2.05) is 18.7 Å². The maximum atomic E-state index is 10.9. The highest BCUT2D eigenvalue weighted by atomic mass is 16.5. The Bertz CT molecular complexity index is 451. The number of aromatic nitrogens is 2. The topological polar surface area (TPSA) is 75.5 Å². The van der Waals surface area contributed by atoms with Crippen molar-refractivity contribution >= 4 is 11.8 Å². The van der Waals surface area contributed by atoms with Gasteiger partial charge in [0.25, 0.3) is 0 Å². The number of hydrogen-bond donors (Lipinski definition) is 1. The minimum atomic E-state index is -0.778. The van der Waals surface area contributed by atoms with Gasteiger partial charge in [0.15, 0.2) is 5.82 Å². The molecule has 19 heavy (non-hydrogen) atoms. The Balaban J connectivity index is 2.13. The van der Waals surface area contributed by atoms with Gasteiger partial charge in [-0.1, -0.05) is 0 Å². The molecule has 2 heterocycles. The van der Waals surface area contributed by atoms with Gasteiger partial charge in [-0.25, -0.2) is 0 Å². The smallest absolute Gasteiger partial charge is 0.305 e. The fourth-order valence-electron chi connectivity index (χ4n) is 2.33. The number of rotatable bonds is 5. The number of anilines is 1. The van der Waals surface area contributed by atoms with Crippen LogP contribution in [0.15, 0.2) is 12.4 Å². The third kappa shape index (κ3) is 3.56. The highest BCUT2D eigenvalue weighted by molar-refractivity contribution is 5.68. The molecule has 0 spiro atoms. The Hall–Kier alpha value is -1.85. The first-order valence-corrected chi connectivity index (χ1v) is 6.53. The molecule has 1 N–H and O–H groups in total. The van der Waals surface area contributed by atoms with Gasteiger partial charge in [-0.15, -0.1) is 0 Å². The molecule has 1 saturated heterocycles. The predicted octanol–water partition coefficient (Wildman–Crippen LogP) is 1.71. The Morgan fingerprint density at radius 1 is 1.58 bits per heavy atom. The first kappa shape index (κ1) is 13.6. The average molecular weight is 265 g/mol. The molecule has 6 nitrogen and oxygen atoms in total. The zero-order valence-corrected chi connectivity index (χ0v) is 11.2. The maximum absolute atomic E-state index is 10.9. The van der Waals surface area contributed by atoms with Crippen molar-refractivity contribution in [1.29, 1.82) is 0 Å². The SMILES string of the molecule is CC(C)Oc1cncc(N2CCCC2CC(=O)O)n1. The molecule has 6 heteroatoms. The number of hydrogen-bond acceptors (Lipinski definition) is 5. The third-order valence-corrected chi connectivity index (χ3v) is 3.04. The normalized spacial score (nSPS) is 18.9. The quantitative estimate of drug-likeness (QED) is 0.873. The van der Waals surface area contributed by atoms with Gasteiger partial charge < -0.3 is 14.7 Å². The first-order valence-electron chi connectivity index (χ1n) is 6.53. The lowest BCUT2D eigenvalue weighted by Gasteiger charge is -2.24. The Labute approximate surface area is 112 Å². The summed E-state index contributed by atoms with van der Waals surface area (Å²) >= 11 is 0. The molecule has 0 saturated carbocycles. The third-order valence-electron chi connectivity index (χ3n) is 3.04. The van der Waals surface area contributed by atoms with Crippen molar-refractivity contribution < 1.29 is 14.6 Å². The summed E-state index contributed by atoms with van der Waals surface area (Å²) in [5.41, 5.74) is 0. The molecule has 1 aromatic rings. The molecule has 1 aliphatic heterocycles. The minimum absolute atomic E-state index is 0.00102. The van der Waals surface area contributed by atoms with Crippen LogP contribution in [-0.4, -0.2) is 39.7 Å². The molecule has 0 bridgehead atoms. The van der Waals surface area contributed by atoms with Crippen molar-refractivity contribution in [2.75, 3.05) is 11.4 Å². The molecule has 0 radical (unpaired) electrons. The molecule has 0 aliphatic carbocycles. The van der Waals surface area contributed by atoms with E-state index in [1.54, 1.807) is 12.4 Å². The van der Waals surface area contributed by atoms with Gasteiger partial charge in [0.2, 0.25) is 5.88 Å². The summed E-state index contributed by atoms with van der Waals surface area (Å²) in [7, 11) is 0. The number of carboxylic acids is 1. The maximum Gasteiger partial charge on any atom is 0.305 e. The zero-order valence-electron chi connectivity index (χ0n) is 11.2. The van der Waals surface area contributed by atoms with Crippen LogP contribution in [0.3, 0.4) is 0 Å². The van der Waals surface area contributed by atoms with Crippen LogP contribution in [0.1, 0.15) is 33.1 Å². The standard InChI is InChI=1S/C13H19N3O3/c1-9(2)19-12-8-14-7-11(15-12)16-5-3-4-10(16)6-13(17)18/h7-10H,3-6H2,1-2H3,(H,17,18). The molecule has 104 valence electrons. The fraction of sp³-hybridized carbons (Fsp3) is 0.615. The summed E-state index contributed by atoms with van der Waals surface area (Å²) < 4.78 is 5.51. The predicted molar refractivity (Wildman–Crippen MR) is 70.4 cm³/mol. The van der Waals surface area contributed by atoms with Gasteiger partial charge in [-0.05, 0) is 26.7 Å². The zero-order chi connectivity index (χ0) is 13.8. The van der Waals surface area contributed by atoms with Crippen molar-refractivity contribution in [3.8, 4) is 5.88 Å². The summed E-state index contributed by atoms with van der Waals surface area (Å²) in [6.45, 7) is 4.67. The molecule has 1 unspecified atom stereocenters. The molecule has 1 fully saturated rings. The summed E-state index contributed by atoms with van der Waals surface area (Å²) in [6, 6.07) is 0.00102.